The van der Waals surface area contributed by atoms with Gasteiger partial charge in [-0.15, -0.1) is 0 Å². The number of rotatable bonds is 3. The van der Waals surface area contributed by atoms with Crippen LogP contribution < -0.4 is 11.3 Å². The summed E-state index contributed by atoms with van der Waals surface area (Å²) in [5.41, 5.74) is 3.71. The highest BCUT2D eigenvalue weighted by molar-refractivity contribution is 9.10. The van der Waals surface area contributed by atoms with Gasteiger partial charge in [0.15, 0.2) is 0 Å². The number of nitrogens with two attached hydrogens (primary N) is 1. The maximum atomic E-state index is 14.0. The summed E-state index contributed by atoms with van der Waals surface area (Å²) in [6.45, 7) is 0. The van der Waals surface area contributed by atoms with Gasteiger partial charge in [0.2, 0.25) is 0 Å². The monoisotopic (exact) mass is 298 g/mol. The van der Waals surface area contributed by atoms with Crippen LogP contribution in [0, 0.1) is 5.82 Å². The van der Waals surface area contributed by atoms with Crippen molar-refractivity contribution in [1.29, 1.82) is 0 Å². The van der Waals surface area contributed by atoms with Crippen LogP contribution in [0.15, 0.2) is 34.9 Å². The van der Waals surface area contributed by atoms with E-state index in [2.05, 4.69) is 26.5 Å². The fourth-order valence-electron chi connectivity index (χ4n) is 1.66. The summed E-state index contributed by atoms with van der Waals surface area (Å²) in [4.78, 5) is 0. The second kappa shape index (κ2) is 4.95. The Bertz CT molecular complexity index is 526. The third-order valence-corrected chi connectivity index (χ3v) is 3.10. The molecule has 0 amide bonds. The lowest BCUT2D eigenvalue weighted by Crippen LogP contribution is -2.30. The summed E-state index contributed by atoms with van der Waals surface area (Å²) >= 11 is 3.15. The van der Waals surface area contributed by atoms with Crippen molar-refractivity contribution < 1.29 is 4.39 Å². The first kappa shape index (κ1) is 12.2. The number of benzene rings is 1. The lowest BCUT2D eigenvalue weighted by molar-refractivity contribution is 0.544. The number of aryl methyl sites for hydroxylation is 1. The molecule has 0 radical (unpaired) electrons. The average Bonchev–Trinajstić information content (AvgIpc) is 2.72. The van der Waals surface area contributed by atoms with E-state index < -0.39 is 6.04 Å². The third kappa shape index (κ3) is 2.38. The van der Waals surface area contributed by atoms with E-state index in [-0.39, 0.29) is 5.82 Å². The first-order chi connectivity index (χ1) is 8.13. The first-order valence-corrected chi connectivity index (χ1v) is 5.82. The van der Waals surface area contributed by atoms with Crippen LogP contribution in [0.25, 0.3) is 0 Å². The Morgan fingerprint density at radius 3 is 2.82 bits per heavy atom. The Morgan fingerprint density at radius 2 is 2.24 bits per heavy atom. The summed E-state index contributed by atoms with van der Waals surface area (Å²) in [5.74, 6) is 5.15. The van der Waals surface area contributed by atoms with Gasteiger partial charge in [0, 0.05) is 18.8 Å². The van der Waals surface area contributed by atoms with Crippen molar-refractivity contribution in [3.63, 3.8) is 0 Å². The van der Waals surface area contributed by atoms with Crippen molar-refractivity contribution in [3.05, 3.63) is 52.0 Å². The Morgan fingerprint density at radius 1 is 1.47 bits per heavy atom. The molecule has 90 valence electrons. The Kier molecular flexibility index (Phi) is 3.56. The molecule has 1 heterocycles. The maximum absolute atomic E-state index is 14.0. The van der Waals surface area contributed by atoms with Gasteiger partial charge in [-0.25, -0.2) is 9.82 Å². The van der Waals surface area contributed by atoms with Gasteiger partial charge in [-0.3, -0.25) is 10.5 Å². The Labute approximate surface area is 107 Å². The molecule has 0 spiro atoms. The van der Waals surface area contributed by atoms with Crippen LogP contribution in [-0.4, -0.2) is 9.78 Å². The molecular weight excluding hydrogens is 287 g/mol. The van der Waals surface area contributed by atoms with E-state index in [9.17, 15) is 4.39 Å². The van der Waals surface area contributed by atoms with Gasteiger partial charge in [-0.2, -0.15) is 5.10 Å². The minimum absolute atomic E-state index is 0.332. The summed E-state index contributed by atoms with van der Waals surface area (Å²) in [6.07, 6.45) is 1.79. The molecule has 6 heteroatoms. The van der Waals surface area contributed by atoms with Crippen molar-refractivity contribution in [1.82, 2.24) is 15.2 Å². The van der Waals surface area contributed by atoms with Crippen LogP contribution in [0.1, 0.15) is 17.3 Å². The minimum Gasteiger partial charge on any atom is -0.275 e. The van der Waals surface area contributed by atoms with Crippen molar-refractivity contribution >= 4 is 15.9 Å². The topological polar surface area (TPSA) is 55.9 Å². The molecule has 1 aromatic carbocycles. The maximum Gasteiger partial charge on any atom is 0.142 e. The van der Waals surface area contributed by atoms with Crippen LogP contribution in [0.3, 0.4) is 0 Å². The standard InChI is InChI=1S/C11H12BrFN4/c1-17-6-5-9(16-17)11(15-14)7-3-2-4-8(12)10(7)13/h2-6,11,15H,14H2,1H3. The van der Waals surface area contributed by atoms with Crippen LogP contribution in [0.4, 0.5) is 4.39 Å². The largest absolute Gasteiger partial charge is 0.275 e. The van der Waals surface area contributed by atoms with E-state index in [1.807, 2.05) is 0 Å². The molecule has 3 N–H and O–H groups in total. The second-order valence-corrected chi connectivity index (χ2v) is 4.51. The fraction of sp³-hybridized carbons (Fsp3) is 0.182. The normalized spacial score (nSPS) is 12.7. The van der Waals surface area contributed by atoms with Gasteiger partial charge in [0.1, 0.15) is 5.82 Å². The SMILES string of the molecule is Cn1ccc(C(NN)c2cccc(Br)c2F)n1. The number of hydrazine groups is 1. The van der Waals surface area contributed by atoms with Crippen molar-refractivity contribution in [2.75, 3.05) is 0 Å². The molecule has 0 fully saturated rings. The van der Waals surface area contributed by atoms with E-state index in [0.29, 0.717) is 15.7 Å². The second-order valence-electron chi connectivity index (χ2n) is 3.66. The van der Waals surface area contributed by atoms with Crippen LogP contribution >= 0.6 is 15.9 Å². The van der Waals surface area contributed by atoms with Gasteiger partial charge in [0.25, 0.3) is 0 Å². The summed E-state index contributed by atoms with van der Waals surface area (Å²) in [7, 11) is 1.80. The molecule has 0 aliphatic heterocycles. The van der Waals surface area contributed by atoms with Gasteiger partial charge < -0.3 is 0 Å². The number of halogens is 2. The number of hydrogen-bond donors (Lipinski definition) is 2. The molecular formula is C11H12BrFN4. The van der Waals surface area contributed by atoms with Crippen LogP contribution in [0.2, 0.25) is 0 Å². The lowest BCUT2D eigenvalue weighted by Gasteiger charge is -2.15. The molecule has 1 unspecified atom stereocenters. The zero-order chi connectivity index (χ0) is 12.4. The zero-order valence-corrected chi connectivity index (χ0v) is 10.8. The van der Waals surface area contributed by atoms with E-state index >= 15 is 0 Å². The lowest BCUT2D eigenvalue weighted by atomic mass is 10.0. The zero-order valence-electron chi connectivity index (χ0n) is 9.19. The number of nitrogens with zero attached hydrogens (tertiary/aromatic N) is 2. The predicted octanol–water partition coefficient (Wildman–Crippen LogP) is 1.87. The van der Waals surface area contributed by atoms with E-state index in [1.165, 1.54) is 0 Å². The van der Waals surface area contributed by atoms with E-state index in [1.54, 1.807) is 42.2 Å². The first-order valence-electron chi connectivity index (χ1n) is 5.03. The molecule has 0 bridgehead atoms. The molecule has 2 aromatic rings. The minimum atomic E-state index is -0.464. The summed E-state index contributed by atoms with van der Waals surface area (Å²) in [5, 5.41) is 4.22. The average molecular weight is 299 g/mol. The van der Waals surface area contributed by atoms with Crippen LogP contribution in [0.5, 0.6) is 0 Å². The number of nitrogens with one attached hydrogen (secondary N) is 1. The van der Waals surface area contributed by atoms with Gasteiger partial charge >= 0.3 is 0 Å². The molecule has 0 saturated heterocycles. The molecule has 2 rings (SSSR count). The van der Waals surface area contributed by atoms with Crippen molar-refractivity contribution in [2.45, 2.75) is 6.04 Å². The molecule has 0 saturated carbocycles. The highest BCUT2D eigenvalue weighted by Crippen LogP contribution is 2.26. The van der Waals surface area contributed by atoms with Gasteiger partial charge in [0.05, 0.1) is 16.2 Å². The summed E-state index contributed by atoms with van der Waals surface area (Å²) < 4.78 is 16.0. The smallest absolute Gasteiger partial charge is 0.142 e. The summed E-state index contributed by atoms with van der Waals surface area (Å²) in [6, 6.07) is 6.42. The molecule has 0 aliphatic carbocycles. The molecule has 1 aromatic heterocycles. The highest BCUT2D eigenvalue weighted by atomic mass is 79.9. The Hall–Kier alpha value is -1.24. The van der Waals surface area contributed by atoms with Gasteiger partial charge in [-0.1, -0.05) is 12.1 Å². The third-order valence-electron chi connectivity index (χ3n) is 2.49. The highest BCUT2D eigenvalue weighted by Gasteiger charge is 2.19. The quantitative estimate of drug-likeness (QED) is 0.672. The van der Waals surface area contributed by atoms with Crippen molar-refractivity contribution in [3.8, 4) is 0 Å². The molecule has 1 atom stereocenters. The fourth-order valence-corrected chi connectivity index (χ4v) is 2.05. The Balaban J connectivity index is 2.45. The molecule has 4 nitrogen and oxygen atoms in total. The number of aromatic nitrogens is 2. The molecule has 17 heavy (non-hydrogen) atoms. The van der Waals surface area contributed by atoms with E-state index in [0.717, 1.165) is 0 Å². The van der Waals surface area contributed by atoms with Crippen molar-refractivity contribution in [2.24, 2.45) is 12.9 Å². The van der Waals surface area contributed by atoms with Crippen LogP contribution in [-0.2, 0) is 7.05 Å². The predicted molar refractivity (Wildman–Crippen MR) is 66.5 cm³/mol. The molecule has 0 aliphatic rings. The number of hydrogen-bond acceptors (Lipinski definition) is 3. The van der Waals surface area contributed by atoms with E-state index in [4.69, 9.17) is 5.84 Å². The van der Waals surface area contributed by atoms with Gasteiger partial charge in [-0.05, 0) is 28.1 Å².